The number of rotatable bonds is 6. The fraction of sp³-hybridized carbons (Fsp3) is 0.250. The molecule has 0 atom stereocenters. The average molecular weight is 384 g/mol. The number of anilines is 1. The summed E-state index contributed by atoms with van der Waals surface area (Å²) in [5, 5.41) is 9.72. The van der Waals surface area contributed by atoms with Crippen LogP contribution in [0.5, 0.6) is 5.75 Å². The van der Waals surface area contributed by atoms with Crippen molar-refractivity contribution in [3.8, 4) is 17.5 Å². The smallest absolute Gasteiger partial charge is 0.357 e. The van der Waals surface area contributed by atoms with Gasteiger partial charge in [0.15, 0.2) is 5.69 Å². The highest BCUT2D eigenvalue weighted by atomic mass is 35.5. The van der Waals surface area contributed by atoms with E-state index >= 15 is 0 Å². The zero-order chi connectivity index (χ0) is 18.6. The number of aromatic nitrogens is 1. The molecule has 7 nitrogen and oxygen atoms in total. The Hall–Kier alpha value is -2.40. The standard InChI is InChI=1S/C16H15Cl2N3O4/c1-23-3-4-25-13-6-12(10(17)5-11(13)18)21-8-9(7-19)14(20)15(21)16(22)24-2/h5-6,8H,3-4,20H2,1-2H3. The minimum Gasteiger partial charge on any atom is -0.490 e. The number of nitrogens with zero attached hydrogens (tertiary/aromatic N) is 2. The highest BCUT2D eigenvalue weighted by Gasteiger charge is 2.23. The lowest BCUT2D eigenvalue weighted by molar-refractivity contribution is 0.0593. The van der Waals surface area contributed by atoms with Gasteiger partial charge in [-0.3, -0.25) is 0 Å². The molecule has 0 fully saturated rings. The number of benzene rings is 1. The van der Waals surface area contributed by atoms with Gasteiger partial charge >= 0.3 is 5.97 Å². The van der Waals surface area contributed by atoms with E-state index in [-0.39, 0.29) is 28.6 Å². The van der Waals surface area contributed by atoms with Crippen molar-refractivity contribution in [2.45, 2.75) is 0 Å². The summed E-state index contributed by atoms with van der Waals surface area (Å²) in [6, 6.07) is 4.95. The topological polar surface area (TPSA) is 99.5 Å². The molecule has 0 unspecified atom stereocenters. The third-order valence-corrected chi connectivity index (χ3v) is 3.95. The first kappa shape index (κ1) is 18.9. The van der Waals surface area contributed by atoms with Crippen LogP contribution in [0.4, 0.5) is 5.69 Å². The zero-order valence-electron chi connectivity index (χ0n) is 13.5. The Balaban J connectivity index is 2.60. The van der Waals surface area contributed by atoms with Crippen molar-refractivity contribution in [1.29, 1.82) is 5.26 Å². The highest BCUT2D eigenvalue weighted by molar-refractivity contribution is 6.36. The van der Waals surface area contributed by atoms with Crippen LogP contribution in [0.3, 0.4) is 0 Å². The number of nitrogens with two attached hydrogens (primary N) is 1. The molecule has 9 heteroatoms. The summed E-state index contributed by atoms with van der Waals surface area (Å²) < 4.78 is 16.6. The minimum absolute atomic E-state index is 0.00205. The summed E-state index contributed by atoms with van der Waals surface area (Å²) in [4.78, 5) is 12.1. The summed E-state index contributed by atoms with van der Waals surface area (Å²) in [5.41, 5.74) is 6.36. The second-order valence-electron chi connectivity index (χ2n) is 4.85. The van der Waals surface area contributed by atoms with Crippen LogP contribution in [0.2, 0.25) is 10.0 Å². The summed E-state index contributed by atoms with van der Waals surface area (Å²) in [7, 11) is 2.76. The van der Waals surface area contributed by atoms with E-state index in [1.54, 1.807) is 13.2 Å². The van der Waals surface area contributed by atoms with Gasteiger partial charge in [-0.2, -0.15) is 5.26 Å². The van der Waals surface area contributed by atoms with Crippen LogP contribution in [-0.4, -0.2) is 38.0 Å². The van der Waals surface area contributed by atoms with Crippen molar-refractivity contribution >= 4 is 34.9 Å². The fourth-order valence-electron chi connectivity index (χ4n) is 2.15. The summed E-state index contributed by atoms with van der Waals surface area (Å²) in [6.45, 7) is 0.648. The summed E-state index contributed by atoms with van der Waals surface area (Å²) in [5.74, 6) is -0.355. The molecule has 1 aromatic carbocycles. The minimum atomic E-state index is -0.702. The highest BCUT2D eigenvalue weighted by Crippen LogP contribution is 2.35. The molecule has 2 rings (SSSR count). The van der Waals surface area contributed by atoms with Gasteiger partial charge in [0, 0.05) is 19.4 Å². The first-order valence-corrected chi connectivity index (χ1v) is 7.80. The number of halogens is 2. The zero-order valence-corrected chi connectivity index (χ0v) is 15.0. The Bertz CT molecular complexity index is 843. The Morgan fingerprint density at radius 1 is 1.28 bits per heavy atom. The summed E-state index contributed by atoms with van der Waals surface area (Å²) in [6.07, 6.45) is 1.40. The predicted molar refractivity (Wildman–Crippen MR) is 93.6 cm³/mol. The fourth-order valence-corrected chi connectivity index (χ4v) is 2.68. The number of hydrogen-bond acceptors (Lipinski definition) is 6. The van der Waals surface area contributed by atoms with Gasteiger partial charge < -0.3 is 24.5 Å². The monoisotopic (exact) mass is 383 g/mol. The van der Waals surface area contributed by atoms with E-state index in [2.05, 4.69) is 0 Å². The van der Waals surface area contributed by atoms with Gasteiger partial charge in [0.2, 0.25) is 0 Å². The second kappa shape index (κ2) is 8.12. The van der Waals surface area contributed by atoms with Crippen LogP contribution in [0.15, 0.2) is 18.3 Å². The first-order valence-electron chi connectivity index (χ1n) is 7.05. The maximum Gasteiger partial charge on any atom is 0.357 e. The molecule has 1 heterocycles. The van der Waals surface area contributed by atoms with Crippen LogP contribution in [0, 0.1) is 11.3 Å². The van der Waals surface area contributed by atoms with E-state index in [1.165, 1.54) is 23.9 Å². The first-order chi connectivity index (χ1) is 11.9. The van der Waals surface area contributed by atoms with Crippen molar-refractivity contribution in [3.05, 3.63) is 39.6 Å². The SMILES string of the molecule is COCCOc1cc(-n2cc(C#N)c(N)c2C(=O)OC)c(Cl)cc1Cl. The van der Waals surface area contributed by atoms with Gasteiger partial charge in [0.1, 0.15) is 18.4 Å². The number of esters is 1. The molecular weight excluding hydrogens is 369 g/mol. The Morgan fingerprint density at radius 3 is 2.60 bits per heavy atom. The molecule has 0 saturated carbocycles. The molecule has 0 aliphatic heterocycles. The van der Waals surface area contributed by atoms with Crippen molar-refractivity contribution in [2.75, 3.05) is 33.2 Å². The van der Waals surface area contributed by atoms with Crippen LogP contribution >= 0.6 is 23.2 Å². The second-order valence-corrected chi connectivity index (χ2v) is 5.67. The van der Waals surface area contributed by atoms with E-state index in [0.29, 0.717) is 23.1 Å². The molecule has 25 heavy (non-hydrogen) atoms. The summed E-state index contributed by atoms with van der Waals surface area (Å²) >= 11 is 12.4. The molecule has 0 saturated heterocycles. The lowest BCUT2D eigenvalue weighted by atomic mass is 10.2. The van der Waals surface area contributed by atoms with Gasteiger partial charge in [0.05, 0.1) is 40.7 Å². The molecule has 0 amide bonds. The third-order valence-electron chi connectivity index (χ3n) is 3.35. The van der Waals surface area contributed by atoms with Gasteiger partial charge in [-0.1, -0.05) is 23.2 Å². The lowest BCUT2D eigenvalue weighted by Gasteiger charge is -2.14. The van der Waals surface area contributed by atoms with Crippen LogP contribution in [-0.2, 0) is 9.47 Å². The maximum atomic E-state index is 12.1. The van der Waals surface area contributed by atoms with E-state index < -0.39 is 5.97 Å². The Labute approximate surface area is 154 Å². The molecule has 132 valence electrons. The van der Waals surface area contributed by atoms with E-state index in [0.717, 1.165) is 0 Å². The number of nitrogen functional groups attached to an aromatic ring is 1. The largest absolute Gasteiger partial charge is 0.490 e. The number of carbonyl (C=O) groups excluding carboxylic acids is 1. The molecule has 2 aromatic rings. The van der Waals surface area contributed by atoms with Gasteiger partial charge in [-0.05, 0) is 6.07 Å². The van der Waals surface area contributed by atoms with Crippen molar-refractivity contribution < 1.29 is 19.0 Å². The van der Waals surface area contributed by atoms with Crippen LogP contribution < -0.4 is 10.5 Å². The Kier molecular flexibility index (Phi) is 6.15. The van der Waals surface area contributed by atoms with Crippen LogP contribution in [0.1, 0.15) is 16.1 Å². The van der Waals surface area contributed by atoms with Crippen molar-refractivity contribution in [3.63, 3.8) is 0 Å². The molecule has 0 aliphatic rings. The number of nitriles is 1. The quantitative estimate of drug-likeness (QED) is 0.607. The van der Waals surface area contributed by atoms with E-state index in [1.807, 2.05) is 6.07 Å². The average Bonchev–Trinajstić information content (AvgIpc) is 2.92. The lowest BCUT2D eigenvalue weighted by Crippen LogP contribution is -2.12. The van der Waals surface area contributed by atoms with Crippen molar-refractivity contribution in [1.82, 2.24) is 4.57 Å². The molecular formula is C16H15Cl2N3O4. The van der Waals surface area contributed by atoms with Crippen molar-refractivity contribution in [2.24, 2.45) is 0 Å². The normalized spacial score (nSPS) is 10.4. The number of methoxy groups -OCH3 is 2. The molecule has 0 radical (unpaired) electrons. The predicted octanol–water partition coefficient (Wildman–Crippen LogP) is 3.05. The van der Waals surface area contributed by atoms with E-state index in [9.17, 15) is 10.1 Å². The molecule has 0 bridgehead atoms. The number of hydrogen-bond donors (Lipinski definition) is 1. The number of carbonyl (C=O) groups is 1. The Morgan fingerprint density at radius 2 is 2.00 bits per heavy atom. The molecule has 2 N–H and O–H groups in total. The maximum absolute atomic E-state index is 12.1. The third kappa shape index (κ3) is 3.82. The van der Waals surface area contributed by atoms with E-state index in [4.69, 9.17) is 43.1 Å². The van der Waals surface area contributed by atoms with Gasteiger partial charge in [-0.15, -0.1) is 0 Å². The molecule has 0 aliphatic carbocycles. The number of ether oxygens (including phenoxy) is 3. The van der Waals surface area contributed by atoms with Crippen LogP contribution in [0.25, 0.3) is 5.69 Å². The molecule has 1 aromatic heterocycles. The molecule has 0 spiro atoms. The van der Waals surface area contributed by atoms with Gasteiger partial charge in [-0.25, -0.2) is 4.79 Å². The van der Waals surface area contributed by atoms with Gasteiger partial charge in [0.25, 0.3) is 0 Å².